The summed E-state index contributed by atoms with van der Waals surface area (Å²) in [4.78, 5) is 4.86. The number of aryl methyl sites for hydroxylation is 2. The number of nitrogens with zero attached hydrogens (tertiary/aromatic N) is 2. The average Bonchev–Trinajstić information content (AvgIpc) is 2.95. The summed E-state index contributed by atoms with van der Waals surface area (Å²) in [5.41, 5.74) is 10.8. The summed E-state index contributed by atoms with van der Waals surface area (Å²) in [6.07, 6.45) is 0. The van der Waals surface area contributed by atoms with Crippen LogP contribution in [0.4, 0.5) is 11.4 Å². The summed E-state index contributed by atoms with van der Waals surface area (Å²) in [5, 5.41) is 0. The van der Waals surface area contributed by atoms with Crippen LogP contribution in [-0.2, 0) is 0 Å². The maximum atomic E-state index is 2.43. The molecule has 0 atom stereocenters. The Balaban J connectivity index is 1.95. The van der Waals surface area contributed by atoms with Crippen molar-refractivity contribution in [3.8, 4) is 0 Å². The Labute approximate surface area is 231 Å². The molecule has 0 N–H and O–H groups in total. The molecule has 0 aromatic heterocycles. The molecule has 0 saturated carbocycles. The van der Waals surface area contributed by atoms with E-state index in [1.807, 2.05) is 0 Å². The van der Waals surface area contributed by atoms with E-state index in [1.165, 1.54) is 44.8 Å². The maximum absolute atomic E-state index is 2.43. The van der Waals surface area contributed by atoms with Crippen LogP contribution in [0.3, 0.4) is 0 Å². The molecule has 0 saturated heterocycles. The third kappa shape index (κ3) is 5.80. The predicted molar refractivity (Wildman–Crippen MR) is 166 cm³/mol. The number of hydrogen-bond acceptors (Lipinski definition) is 2. The van der Waals surface area contributed by atoms with Crippen LogP contribution in [-0.4, -0.2) is 26.2 Å². The zero-order valence-corrected chi connectivity index (χ0v) is 24.1. The second-order valence-electron chi connectivity index (χ2n) is 10.2. The third-order valence-electron chi connectivity index (χ3n) is 8.08. The van der Waals surface area contributed by atoms with Gasteiger partial charge in [-0.2, -0.15) is 0 Å². The molecule has 0 radical (unpaired) electrons. The number of anilines is 2. The van der Waals surface area contributed by atoms with E-state index < -0.39 is 0 Å². The Bertz CT molecular complexity index is 1190. The van der Waals surface area contributed by atoms with Crippen LogP contribution in [0.15, 0.2) is 97.1 Å². The first-order valence-corrected chi connectivity index (χ1v) is 14.3. The fraction of sp³-hybridized carbons (Fsp3) is 0.333. The fourth-order valence-electron chi connectivity index (χ4n) is 6.01. The molecule has 4 aromatic carbocycles. The topological polar surface area (TPSA) is 6.48 Å². The van der Waals surface area contributed by atoms with Crippen molar-refractivity contribution in [2.45, 2.75) is 53.4 Å². The highest BCUT2D eigenvalue weighted by atomic mass is 15.1. The largest absolute Gasteiger partial charge is 0.372 e. The van der Waals surface area contributed by atoms with E-state index >= 15 is 0 Å². The first kappa shape index (κ1) is 27.5. The quantitative estimate of drug-likeness (QED) is 0.201. The lowest BCUT2D eigenvalue weighted by atomic mass is 9.71. The number of rotatable bonds is 11. The summed E-state index contributed by atoms with van der Waals surface area (Å²) in [6.45, 7) is 17.6. The van der Waals surface area contributed by atoms with Gasteiger partial charge in [0.2, 0.25) is 0 Å². The molecule has 0 aliphatic heterocycles. The molecule has 0 amide bonds. The van der Waals surface area contributed by atoms with Crippen LogP contribution in [0.2, 0.25) is 0 Å². The Kier molecular flexibility index (Phi) is 9.29. The van der Waals surface area contributed by atoms with Gasteiger partial charge in [0.1, 0.15) is 0 Å². The van der Waals surface area contributed by atoms with Gasteiger partial charge in [0.25, 0.3) is 0 Å². The van der Waals surface area contributed by atoms with Gasteiger partial charge in [0.15, 0.2) is 0 Å². The fourth-order valence-corrected chi connectivity index (χ4v) is 6.01. The molecule has 4 rings (SSSR count). The molecule has 0 spiro atoms. The molecule has 0 bridgehead atoms. The highest BCUT2D eigenvalue weighted by Crippen LogP contribution is 2.45. The van der Waals surface area contributed by atoms with E-state index in [9.17, 15) is 0 Å². The van der Waals surface area contributed by atoms with Crippen LogP contribution < -0.4 is 9.80 Å². The highest BCUT2D eigenvalue weighted by Gasteiger charge is 2.30. The van der Waals surface area contributed by atoms with Gasteiger partial charge in [0.05, 0.1) is 0 Å². The summed E-state index contributed by atoms with van der Waals surface area (Å²) in [7, 11) is 0. The SMILES string of the molecule is CCN(CC)c1ccc(C(c2ccc(N(CC)CC)cc2C)C(c2ccccc2)c2ccccc2)c(C)c1. The zero-order valence-electron chi connectivity index (χ0n) is 24.1. The second kappa shape index (κ2) is 12.8. The Morgan fingerprint density at radius 2 is 0.842 bits per heavy atom. The van der Waals surface area contributed by atoms with Crippen molar-refractivity contribution in [1.29, 1.82) is 0 Å². The van der Waals surface area contributed by atoms with Crippen molar-refractivity contribution < 1.29 is 0 Å². The lowest BCUT2D eigenvalue weighted by molar-refractivity contribution is 0.685. The van der Waals surface area contributed by atoms with Gasteiger partial charge in [-0.25, -0.2) is 0 Å². The van der Waals surface area contributed by atoms with Crippen molar-refractivity contribution in [3.05, 3.63) is 130 Å². The number of hydrogen-bond donors (Lipinski definition) is 0. The van der Waals surface area contributed by atoms with E-state index in [0.717, 1.165) is 26.2 Å². The minimum absolute atomic E-state index is 0.191. The molecule has 38 heavy (non-hydrogen) atoms. The molecule has 2 nitrogen and oxygen atoms in total. The highest BCUT2D eigenvalue weighted by molar-refractivity contribution is 5.58. The van der Waals surface area contributed by atoms with Gasteiger partial charge >= 0.3 is 0 Å². The molecule has 0 fully saturated rings. The molecule has 198 valence electrons. The van der Waals surface area contributed by atoms with Crippen molar-refractivity contribution in [2.75, 3.05) is 36.0 Å². The predicted octanol–water partition coefficient (Wildman–Crippen LogP) is 8.96. The second-order valence-corrected chi connectivity index (χ2v) is 10.2. The van der Waals surface area contributed by atoms with E-state index in [-0.39, 0.29) is 11.8 Å². The van der Waals surface area contributed by atoms with E-state index in [0.29, 0.717) is 0 Å². The smallest absolute Gasteiger partial charge is 0.0368 e. The van der Waals surface area contributed by atoms with Crippen molar-refractivity contribution in [1.82, 2.24) is 0 Å². The van der Waals surface area contributed by atoms with Gasteiger partial charge in [-0.1, -0.05) is 72.8 Å². The summed E-state index contributed by atoms with van der Waals surface area (Å²) >= 11 is 0. The molecular formula is C36H44N2. The average molecular weight is 505 g/mol. The maximum Gasteiger partial charge on any atom is 0.0368 e. The van der Waals surface area contributed by atoms with Crippen LogP contribution in [0.25, 0.3) is 0 Å². The van der Waals surface area contributed by atoms with Gasteiger partial charge in [-0.05, 0) is 99.2 Å². The van der Waals surface area contributed by atoms with E-state index in [1.54, 1.807) is 0 Å². The molecule has 0 heterocycles. The molecule has 0 aliphatic rings. The van der Waals surface area contributed by atoms with Crippen molar-refractivity contribution >= 4 is 11.4 Å². The molecule has 0 aliphatic carbocycles. The van der Waals surface area contributed by atoms with Gasteiger partial charge in [-0.15, -0.1) is 0 Å². The van der Waals surface area contributed by atoms with Crippen LogP contribution in [0.5, 0.6) is 0 Å². The standard InChI is InChI=1S/C36H44N2/c1-7-37(8-2)31-21-23-33(27(5)25-31)36(34-24-22-32(26-28(34)6)38(9-3)10-4)35(29-17-13-11-14-18-29)30-19-15-12-16-20-30/h11-26,35-36H,7-10H2,1-6H3. The molecule has 2 heteroatoms. The minimum atomic E-state index is 0.191. The minimum Gasteiger partial charge on any atom is -0.372 e. The van der Waals surface area contributed by atoms with E-state index in [4.69, 9.17) is 0 Å². The first-order chi connectivity index (χ1) is 18.5. The van der Waals surface area contributed by atoms with Gasteiger partial charge in [-0.3, -0.25) is 0 Å². The zero-order chi connectivity index (χ0) is 27.1. The monoisotopic (exact) mass is 504 g/mol. The molecule has 4 aromatic rings. The van der Waals surface area contributed by atoms with Crippen molar-refractivity contribution in [2.24, 2.45) is 0 Å². The normalized spacial score (nSPS) is 11.3. The van der Waals surface area contributed by atoms with E-state index in [2.05, 4.69) is 148 Å². The Morgan fingerprint density at radius 3 is 1.16 bits per heavy atom. The van der Waals surface area contributed by atoms with Crippen LogP contribution >= 0.6 is 0 Å². The number of benzene rings is 4. The summed E-state index contributed by atoms with van der Waals surface area (Å²) < 4.78 is 0. The first-order valence-electron chi connectivity index (χ1n) is 14.3. The Hall–Kier alpha value is -3.52. The van der Waals surface area contributed by atoms with Crippen LogP contribution in [0, 0.1) is 13.8 Å². The summed E-state index contributed by atoms with van der Waals surface area (Å²) in [5.74, 6) is 0.393. The van der Waals surface area contributed by atoms with Crippen molar-refractivity contribution in [3.63, 3.8) is 0 Å². The van der Waals surface area contributed by atoms with Gasteiger partial charge < -0.3 is 9.80 Å². The molecular weight excluding hydrogens is 460 g/mol. The lowest BCUT2D eigenvalue weighted by Crippen LogP contribution is -2.23. The van der Waals surface area contributed by atoms with Crippen LogP contribution in [0.1, 0.15) is 72.9 Å². The van der Waals surface area contributed by atoms with Gasteiger partial charge in [0, 0.05) is 49.4 Å². The summed E-state index contributed by atoms with van der Waals surface area (Å²) in [6, 6.07) is 36.3. The third-order valence-corrected chi connectivity index (χ3v) is 8.08. The Morgan fingerprint density at radius 1 is 0.474 bits per heavy atom. The molecule has 0 unspecified atom stereocenters. The lowest BCUT2D eigenvalue weighted by Gasteiger charge is -2.33.